The molecule has 0 spiro atoms. The lowest BCUT2D eigenvalue weighted by Gasteiger charge is -2.15. The van der Waals surface area contributed by atoms with Crippen LogP contribution in [0.2, 0.25) is 0 Å². The van der Waals surface area contributed by atoms with E-state index in [1.54, 1.807) is 6.07 Å². The summed E-state index contributed by atoms with van der Waals surface area (Å²) in [5.74, 6) is -1.87. The molecule has 1 aromatic heterocycles. The fourth-order valence-electron chi connectivity index (χ4n) is 3.05. The highest BCUT2D eigenvalue weighted by Gasteiger charge is 2.32. The molecule has 7 heteroatoms. The molecule has 1 unspecified atom stereocenters. The average Bonchev–Trinajstić information content (AvgIpc) is 3.19. The van der Waals surface area contributed by atoms with Crippen molar-refractivity contribution in [1.29, 1.82) is 0 Å². The van der Waals surface area contributed by atoms with Gasteiger partial charge in [0.1, 0.15) is 5.82 Å². The van der Waals surface area contributed by atoms with Gasteiger partial charge in [-0.25, -0.2) is 4.39 Å². The zero-order valence-corrected chi connectivity index (χ0v) is 13.3. The number of ketones is 1. The van der Waals surface area contributed by atoms with E-state index >= 15 is 0 Å². The Morgan fingerprint density at radius 3 is 2.92 bits per heavy atom. The minimum atomic E-state index is -0.716. The molecule has 1 aliphatic rings. The quantitative estimate of drug-likeness (QED) is 0.657. The van der Waals surface area contributed by atoms with E-state index < -0.39 is 17.5 Å². The number of halogens is 1. The highest BCUT2D eigenvalue weighted by atomic mass is 19.1. The number of nitrogens with zero attached hydrogens (tertiary/aromatic N) is 1. The number of hydrogen-bond acceptors (Lipinski definition) is 3. The summed E-state index contributed by atoms with van der Waals surface area (Å²) < 4.78 is 14.0. The molecule has 1 aromatic carbocycles. The molecule has 6 nitrogen and oxygen atoms in total. The molecule has 0 saturated carbocycles. The van der Waals surface area contributed by atoms with Gasteiger partial charge >= 0.3 is 0 Å². The zero-order chi connectivity index (χ0) is 17.3. The topological polar surface area (TPSA) is 82.3 Å². The maximum atomic E-state index is 14.0. The fraction of sp³-hybridized carbons (Fsp3) is 0.353. The Balaban J connectivity index is 1.73. The van der Waals surface area contributed by atoms with Crippen molar-refractivity contribution in [2.24, 2.45) is 5.92 Å². The molecule has 0 radical (unpaired) electrons. The first-order valence-electron chi connectivity index (χ1n) is 7.81. The van der Waals surface area contributed by atoms with E-state index in [1.165, 1.54) is 30.2 Å². The van der Waals surface area contributed by atoms with Crippen LogP contribution >= 0.6 is 0 Å². The predicted octanol–water partition coefficient (Wildman–Crippen LogP) is 1.47. The molecule has 126 valence electrons. The second-order valence-corrected chi connectivity index (χ2v) is 6.04. The lowest BCUT2D eigenvalue weighted by molar-refractivity contribution is -0.125. The van der Waals surface area contributed by atoms with Crippen LogP contribution in [0.15, 0.2) is 24.4 Å². The molecule has 24 heavy (non-hydrogen) atoms. The number of nitrogens with one attached hydrogen (secondary N) is 2. The number of rotatable bonds is 4. The first kappa shape index (κ1) is 16.2. The summed E-state index contributed by atoms with van der Waals surface area (Å²) in [5.41, 5.74) is 0.537. The summed E-state index contributed by atoms with van der Waals surface area (Å²) in [5, 5.41) is 2.86. The van der Waals surface area contributed by atoms with Crippen molar-refractivity contribution in [2.45, 2.75) is 13.3 Å². The van der Waals surface area contributed by atoms with Gasteiger partial charge in [0, 0.05) is 43.7 Å². The Morgan fingerprint density at radius 2 is 2.17 bits per heavy atom. The van der Waals surface area contributed by atoms with Gasteiger partial charge in [0.15, 0.2) is 0 Å². The van der Waals surface area contributed by atoms with Gasteiger partial charge in [-0.05, 0) is 24.5 Å². The smallest absolute Gasteiger partial charge is 0.295 e. The molecule has 2 aromatic rings. The van der Waals surface area contributed by atoms with Crippen molar-refractivity contribution in [3.8, 4) is 0 Å². The van der Waals surface area contributed by atoms with Crippen molar-refractivity contribution in [1.82, 2.24) is 15.2 Å². The molecule has 1 fully saturated rings. The van der Waals surface area contributed by atoms with E-state index in [0.717, 1.165) is 6.42 Å². The highest BCUT2D eigenvalue weighted by molar-refractivity contribution is 6.44. The van der Waals surface area contributed by atoms with Gasteiger partial charge in [-0.1, -0.05) is 6.07 Å². The Hall–Kier alpha value is -2.70. The summed E-state index contributed by atoms with van der Waals surface area (Å²) in [6.45, 7) is 2.79. The summed E-state index contributed by atoms with van der Waals surface area (Å²) in [4.78, 5) is 40.2. The van der Waals surface area contributed by atoms with Crippen LogP contribution in [0.5, 0.6) is 0 Å². The minimum absolute atomic E-state index is 0.0541. The maximum absolute atomic E-state index is 14.0. The fourth-order valence-corrected chi connectivity index (χ4v) is 3.05. The Bertz CT molecular complexity index is 815. The first-order valence-corrected chi connectivity index (χ1v) is 7.81. The van der Waals surface area contributed by atoms with Crippen LogP contribution < -0.4 is 5.32 Å². The lowest BCUT2D eigenvalue weighted by Crippen LogP contribution is -2.36. The number of H-pyrrole nitrogens is 1. The van der Waals surface area contributed by atoms with Gasteiger partial charge in [-0.15, -0.1) is 0 Å². The van der Waals surface area contributed by atoms with E-state index in [-0.39, 0.29) is 22.8 Å². The molecular weight excluding hydrogens is 313 g/mol. The van der Waals surface area contributed by atoms with Crippen LogP contribution in [0.1, 0.15) is 23.7 Å². The largest absolute Gasteiger partial charge is 0.360 e. The van der Waals surface area contributed by atoms with E-state index in [0.29, 0.717) is 25.2 Å². The standard InChI is InChI=1S/C17H18FN3O3/c1-10(22)19-7-11-5-6-21(9-11)17(24)16(23)12-8-20-14-4-2-3-13(18)15(12)14/h2-4,8,11,20H,5-7,9H2,1H3,(H,19,22). The van der Waals surface area contributed by atoms with E-state index in [2.05, 4.69) is 10.3 Å². The number of fused-ring (bicyclic) bond motifs is 1. The van der Waals surface area contributed by atoms with Crippen LogP contribution in [-0.2, 0) is 9.59 Å². The molecular formula is C17H18FN3O3. The molecule has 0 aliphatic carbocycles. The molecule has 1 aliphatic heterocycles. The minimum Gasteiger partial charge on any atom is -0.360 e. The van der Waals surface area contributed by atoms with Gasteiger partial charge in [0.05, 0.1) is 5.56 Å². The number of carbonyl (C=O) groups is 3. The Morgan fingerprint density at radius 1 is 1.38 bits per heavy atom. The third kappa shape index (κ3) is 3.02. The molecule has 2 heterocycles. The predicted molar refractivity (Wildman–Crippen MR) is 86.0 cm³/mol. The number of carbonyl (C=O) groups excluding carboxylic acids is 3. The van der Waals surface area contributed by atoms with Crippen LogP contribution in [0, 0.1) is 11.7 Å². The molecule has 3 rings (SSSR count). The van der Waals surface area contributed by atoms with Crippen molar-refractivity contribution in [3.05, 3.63) is 35.8 Å². The summed E-state index contributed by atoms with van der Waals surface area (Å²) in [6, 6.07) is 4.45. The van der Waals surface area contributed by atoms with Crippen molar-refractivity contribution in [3.63, 3.8) is 0 Å². The molecule has 2 amide bonds. The van der Waals surface area contributed by atoms with E-state index in [1.807, 2.05) is 0 Å². The van der Waals surface area contributed by atoms with E-state index in [9.17, 15) is 18.8 Å². The lowest BCUT2D eigenvalue weighted by atomic mass is 10.1. The van der Waals surface area contributed by atoms with Gasteiger partial charge < -0.3 is 15.2 Å². The second-order valence-electron chi connectivity index (χ2n) is 6.04. The highest BCUT2D eigenvalue weighted by Crippen LogP contribution is 2.23. The van der Waals surface area contributed by atoms with Gasteiger partial charge in [-0.2, -0.15) is 0 Å². The summed E-state index contributed by atoms with van der Waals surface area (Å²) >= 11 is 0. The number of aromatic nitrogens is 1. The van der Waals surface area contributed by atoms with Crippen LogP contribution in [0.3, 0.4) is 0 Å². The number of benzene rings is 1. The summed E-state index contributed by atoms with van der Waals surface area (Å²) in [6.07, 6.45) is 2.10. The van der Waals surface area contributed by atoms with Gasteiger partial charge in [-0.3, -0.25) is 14.4 Å². The average molecular weight is 331 g/mol. The SMILES string of the molecule is CC(=O)NCC1CCN(C(=O)C(=O)c2c[nH]c3cccc(F)c23)C1. The maximum Gasteiger partial charge on any atom is 0.295 e. The van der Waals surface area contributed by atoms with E-state index in [4.69, 9.17) is 0 Å². The molecule has 1 atom stereocenters. The Labute approximate surface area is 138 Å². The third-order valence-electron chi connectivity index (χ3n) is 4.31. The van der Waals surface area contributed by atoms with Gasteiger partial charge in [0.25, 0.3) is 11.7 Å². The second kappa shape index (κ2) is 6.43. The van der Waals surface area contributed by atoms with Crippen molar-refractivity contribution in [2.75, 3.05) is 19.6 Å². The monoisotopic (exact) mass is 331 g/mol. The van der Waals surface area contributed by atoms with Gasteiger partial charge in [0.2, 0.25) is 5.91 Å². The molecule has 0 bridgehead atoms. The Kier molecular flexibility index (Phi) is 4.33. The number of Topliss-reactive ketones (excluding diaryl/α,β-unsaturated/α-hetero) is 1. The zero-order valence-electron chi connectivity index (χ0n) is 13.3. The van der Waals surface area contributed by atoms with Crippen LogP contribution in [0.4, 0.5) is 4.39 Å². The molecule has 1 saturated heterocycles. The number of likely N-dealkylation sites (tertiary alicyclic amines) is 1. The first-order chi connectivity index (χ1) is 11.5. The van der Waals surface area contributed by atoms with Crippen molar-refractivity contribution >= 4 is 28.5 Å². The normalized spacial score (nSPS) is 17.2. The number of aromatic amines is 1. The number of amides is 2. The number of hydrogen-bond donors (Lipinski definition) is 2. The molecule has 2 N–H and O–H groups in total. The summed E-state index contributed by atoms with van der Waals surface area (Å²) in [7, 11) is 0. The van der Waals surface area contributed by atoms with Crippen LogP contribution in [0.25, 0.3) is 10.9 Å². The van der Waals surface area contributed by atoms with Crippen LogP contribution in [-0.4, -0.2) is 47.1 Å². The third-order valence-corrected chi connectivity index (χ3v) is 4.31. The van der Waals surface area contributed by atoms with Crippen molar-refractivity contribution < 1.29 is 18.8 Å².